The van der Waals surface area contributed by atoms with Crippen LogP contribution in [0.25, 0.3) is 22.5 Å². The summed E-state index contributed by atoms with van der Waals surface area (Å²) in [6.07, 6.45) is 3.13. The first kappa shape index (κ1) is 24.0. The number of aryl methyl sites for hydroxylation is 3. The molecule has 4 aromatic rings. The maximum Gasteiger partial charge on any atom is 0.304 e. The minimum absolute atomic E-state index is 0.000514. The smallest absolute Gasteiger partial charge is 0.304 e. The lowest BCUT2D eigenvalue weighted by Gasteiger charge is -2.19. The average Bonchev–Trinajstić information content (AvgIpc) is 3.59. The standard InChI is InChI=1S/C28H27FN6O3/c1-14-8-16(28-32-34-35(3)33-28)9-15(2)26(14)18-4-6-21(29)27-19(18)5-7-22(27)31-24-11-23-20(12-30-24)17(13-38-23)10-25(36)37/h4,6,8-9,11-12,17,22H,5,7,10,13H2,1-3H3,(H,30,31)(H,36,37)/t17?,22-/m1/s1. The summed E-state index contributed by atoms with van der Waals surface area (Å²) >= 11 is 0. The zero-order chi connectivity index (χ0) is 26.6. The molecule has 0 radical (unpaired) electrons. The van der Waals surface area contributed by atoms with Gasteiger partial charge in [0.25, 0.3) is 0 Å². The van der Waals surface area contributed by atoms with Gasteiger partial charge in [0, 0.05) is 34.9 Å². The number of nitrogens with zero attached hydrogens (tertiary/aromatic N) is 5. The number of pyridine rings is 1. The van der Waals surface area contributed by atoms with Crippen LogP contribution < -0.4 is 10.1 Å². The maximum atomic E-state index is 15.3. The van der Waals surface area contributed by atoms with Gasteiger partial charge in [-0.05, 0) is 77.9 Å². The number of hydrogen-bond donors (Lipinski definition) is 2. The van der Waals surface area contributed by atoms with Gasteiger partial charge in [-0.1, -0.05) is 6.07 Å². The van der Waals surface area contributed by atoms with Crippen molar-refractivity contribution in [2.75, 3.05) is 11.9 Å². The number of tetrazole rings is 1. The zero-order valence-corrected chi connectivity index (χ0v) is 21.3. The van der Waals surface area contributed by atoms with E-state index < -0.39 is 5.97 Å². The number of benzene rings is 2. The molecule has 2 N–H and O–H groups in total. The molecule has 6 rings (SSSR count). The van der Waals surface area contributed by atoms with Gasteiger partial charge in [-0.15, -0.1) is 10.2 Å². The van der Waals surface area contributed by atoms with Crippen LogP contribution in [0.4, 0.5) is 10.2 Å². The Morgan fingerprint density at radius 1 is 1.24 bits per heavy atom. The van der Waals surface area contributed by atoms with Crippen LogP contribution in [-0.2, 0) is 18.3 Å². The summed E-state index contributed by atoms with van der Waals surface area (Å²) in [6, 6.07) is 9.05. The first-order valence-corrected chi connectivity index (χ1v) is 12.6. The second-order valence-corrected chi connectivity index (χ2v) is 10.0. The highest BCUT2D eigenvalue weighted by Crippen LogP contribution is 2.44. The van der Waals surface area contributed by atoms with E-state index in [-0.39, 0.29) is 24.2 Å². The Labute approximate surface area is 218 Å². The number of carboxylic acids is 1. The molecular formula is C28H27FN6O3. The molecule has 2 atom stereocenters. The molecule has 38 heavy (non-hydrogen) atoms. The van der Waals surface area contributed by atoms with Crippen molar-refractivity contribution in [2.45, 2.75) is 45.1 Å². The zero-order valence-electron chi connectivity index (χ0n) is 21.3. The van der Waals surface area contributed by atoms with Crippen molar-refractivity contribution in [1.29, 1.82) is 0 Å². The number of carboxylic acid groups (broad SMARTS) is 1. The van der Waals surface area contributed by atoms with Crippen LogP contribution in [0.2, 0.25) is 0 Å². The highest BCUT2D eigenvalue weighted by atomic mass is 19.1. The number of ether oxygens (including phenoxy) is 1. The molecule has 1 aliphatic carbocycles. The summed E-state index contributed by atoms with van der Waals surface area (Å²) in [5, 5.41) is 24.9. The third kappa shape index (κ3) is 4.15. The topological polar surface area (TPSA) is 115 Å². The molecule has 194 valence electrons. The number of hydrogen-bond acceptors (Lipinski definition) is 7. The van der Waals surface area contributed by atoms with Gasteiger partial charge in [0.1, 0.15) is 17.4 Å². The summed E-state index contributed by atoms with van der Waals surface area (Å²) in [7, 11) is 1.73. The number of aliphatic carboxylic acids is 1. The van der Waals surface area contributed by atoms with Gasteiger partial charge in [-0.25, -0.2) is 9.37 Å². The summed E-state index contributed by atoms with van der Waals surface area (Å²) in [5.74, 6) is 0.458. The molecule has 3 heterocycles. The van der Waals surface area contributed by atoms with Crippen LogP contribution in [0.5, 0.6) is 5.75 Å². The molecule has 2 aromatic carbocycles. The van der Waals surface area contributed by atoms with Gasteiger partial charge in [0.05, 0.1) is 26.1 Å². The van der Waals surface area contributed by atoms with Crippen molar-refractivity contribution in [3.63, 3.8) is 0 Å². The van der Waals surface area contributed by atoms with Crippen LogP contribution in [0.15, 0.2) is 36.5 Å². The fourth-order valence-corrected chi connectivity index (χ4v) is 5.81. The van der Waals surface area contributed by atoms with E-state index in [1.54, 1.807) is 25.4 Å². The molecule has 10 heteroatoms. The molecular weight excluding hydrogens is 487 g/mol. The van der Waals surface area contributed by atoms with Crippen LogP contribution in [0.1, 0.15) is 52.6 Å². The maximum absolute atomic E-state index is 15.3. The summed E-state index contributed by atoms with van der Waals surface area (Å²) in [4.78, 5) is 17.1. The molecule has 1 unspecified atom stereocenters. The second kappa shape index (κ2) is 9.20. The lowest BCUT2D eigenvalue weighted by molar-refractivity contribution is -0.137. The van der Waals surface area contributed by atoms with Gasteiger partial charge in [0.2, 0.25) is 5.82 Å². The average molecular weight is 515 g/mol. The number of carbonyl (C=O) groups is 1. The normalized spacial score (nSPS) is 17.7. The molecule has 1 aliphatic heterocycles. The van der Waals surface area contributed by atoms with Crippen molar-refractivity contribution in [1.82, 2.24) is 25.2 Å². The Morgan fingerprint density at radius 3 is 2.74 bits per heavy atom. The first-order valence-electron chi connectivity index (χ1n) is 12.6. The summed E-state index contributed by atoms with van der Waals surface area (Å²) in [6.45, 7) is 4.42. The monoisotopic (exact) mass is 514 g/mol. The molecule has 0 spiro atoms. The van der Waals surface area contributed by atoms with Crippen molar-refractivity contribution in [3.8, 4) is 28.3 Å². The molecule has 0 saturated heterocycles. The first-order chi connectivity index (χ1) is 18.3. The van der Waals surface area contributed by atoms with Crippen LogP contribution in [0, 0.1) is 19.7 Å². The SMILES string of the molecule is Cc1cc(-c2nnn(C)n2)cc(C)c1-c1ccc(F)c2c1CC[C@H]2Nc1cc2c(cn1)C(CC(=O)O)CO2. The van der Waals surface area contributed by atoms with Gasteiger partial charge < -0.3 is 15.2 Å². The van der Waals surface area contributed by atoms with E-state index >= 15 is 4.39 Å². The third-order valence-corrected chi connectivity index (χ3v) is 7.42. The molecule has 9 nitrogen and oxygen atoms in total. The van der Waals surface area contributed by atoms with Gasteiger partial charge in [-0.2, -0.15) is 4.80 Å². The quantitative estimate of drug-likeness (QED) is 0.379. The molecule has 0 saturated carbocycles. The highest BCUT2D eigenvalue weighted by Gasteiger charge is 2.31. The lowest BCUT2D eigenvalue weighted by Crippen LogP contribution is -2.10. The Balaban J connectivity index is 1.31. The fourth-order valence-electron chi connectivity index (χ4n) is 5.81. The Bertz CT molecular complexity index is 1560. The van der Waals surface area contributed by atoms with E-state index in [2.05, 4.69) is 39.6 Å². The molecule has 2 aromatic heterocycles. The Morgan fingerprint density at radius 2 is 2.03 bits per heavy atom. The molecule has 2 aliphatic rings. The van der Waals surface area contributed by atoms with Crippen molar-refractivity contribution < 1.29 is 19.0 Å². The second-order valence-electron chi connectivity index (χ2n) is 10.0. The largest absolute Gasteiger partial charge is 0.492 e. The predicted molar refractivity (Wildman–Crippen MR) is 139 cm³/mol. The minimum Gasteiger partial charge on any atom is -0.492 e. The Kier molecular flexibility index (Phi) is 5.81. The third-order valence-electron chi connectivity index (χ3n) is 7.42. The van der Waals surface area contributed by atoms with E-state index in [9.17, 15) is 4.79 Å². The van der Waals surface area contributed by atoms with E-state index in [1.165, 1.54) is 4.80 Å². The lowest BCUT2D eigenvalue weighted by atomic mass is 9.89. The number of halogens is 1. The van der Waals surface area contributed by atoms with E-state index in [0.717, 1.165) is 51.8 Å². The van der Waals surface area contributed by atoms with Crippen LogP contribution >= 0.6 is 0 Å². The number of rotatable bonds is 6. The Hall–Kier alpha value is -4.34. The van der Waals surface area contributed by atoms with E-state index in [4.69, 9.17) is 9.84 Å². The highest BCUT2D eigenvalue weighted by molar-refractivity contribution is 5.79. The number of aromatic nitrogens is 5. The van der Waals surface area contributed by atoms with Gasteiger partial charge in [0.15, 0.2) is 0 Å². The van der Waals surface area contributed by atoms with E-state index in [1.807, 2.05) is 18.2 Å². The molecule has 0 fully saturated rings. The minimum atomic E-state index is -0.868. The van der Waals surface area contributed by atoms with Crippen molar-refractivity contribution >= 4 is 11.8 Å². The number of nitrogens with one attached hydrogen (secondary N) is 1. The summed E-state index contributed by atoms with van der Waals surface area (Å²) in [5.41, 5.74) is 7.59. The van der Waals surface area contributed by atoms with E-state index in [0.29, 0.717) is 29.6 Å². The molecule has 0 bridgehead atoms. The van der Waals surface area contributed by atoms with Crippen molar-refractivity contribution in [2.24, 2.45) is 7.05 Å². The number of anilines is 1. The van der Waals surface area contributed by atoms with Gasteiger partial charge >= 0.3 is 5.97 Å². The van der Waals surface area contributed by atoms with Crippen molar-refractivity contribution in [3.05, 3.63) is 70.2 Å². The van der Waals surface area contributed by atoms with Crippen LogP contribution in [-0.4, -0.2) is 42.9 Å². The number of fused-ring (bicyclic) bond motifs is 2. The molecule has 0 amide bonds. The summed E-state index contributed by atoms with van der Waals surface area (Å²) < 4.78 is 21.0. The predicted octanol–water partition coefficient (Wildman–Crippen LogP) is 4.75. The van der Waals surface area contributed by atoms with Crippen LogP contribution in [0.3, 0.4) is 0 Å². The van der Waals surface area contributed by atoms with Gasteiger partial charge in [-0.3, -0.25) is 4.79 Å². The fraction of sp³-hybridized carbons (Fsp3) is 0.321.